The molecular formula is C25H29BN8O2. The number of nitrogens with one attached hydrogen (secondary N) is 2. The zero-order valence-electron chi connectivity index (χ0n) is 20.4. The van der Waals surface area contributed by atoms with Crippen LogP contribution in [0.5, 0.6) is 0 Å². The number of aromatic nitrogens is 3. The van der Waals surface area contributed by atoms with Gasteiger partial charge in [-0.3, -0.25) is 0 Å². The maximum atomic E-state index is 6.18. The molecular weight excluding hydrogens is 455 g/mol. The molecule has 0 aliphatic carbocycles. The van der Waals surface area contributed by atoms with Gasteiger partial charge in [-0.2, -0.15) is 20.1 Å². The van der Waals surface area contributed by atoms with Crippen molar-refractivity contribution >= 4 is 48.7 Å². The second kappa shape index (κ2) is 11.4. The SMILES string of the molecule is [B]c1cc(C)ccc1Nc1nc(N/N=C/c2ccc(N3CCOCC3)cc2)nc(N2CCOCC2)n1. The molecule has 2 radical (unpaired) electrons. The molecule has 0 bridgehead atoms. The Morgan fingerprint density at radius 2 is 1.53 bits per heavy atom. The quantitative estimate of drug-likeness (QED) is 0.296. The second-order valence-electron chi connectivity index (χ2n) is 8.66. The highest BCUT2D eigenvalue weighted by molar-refractivity contribution is 6.36. The molecule has 0 unspecified atom stereocenters. The molecule has 0 saturated carbocycles. The summed E-state index contributed by atoms with van der Waals surface area (Å²) < 4.78 is 10.9. The molecule has 0 atom stereocenters. The van der Waals surface area contributed by atoms with E-state index in [9.17, 15) is 0 Å². The van der Waals surface area contributed by atoms with Gasteiger partial charge >= 0.3 is 0 Å². The third-order valence-electron chi connectivity index (χ3n) is 6.02. The first-order valence-corrected chi connectivity index (χ1v) is 12.1. The lowest BCUT2D eigenvalue weighted by Crippen LogP contribution is -2.37. The van der Waals surface area contributed by atoms with Crippen LogP contribution in [-0.2, 0) is 9.47 Å². The first kappa shape index (κ1) is 24.0. The van der Waals surface area contributed by atoms with Crippen molar-refractivity contribution in [2.45, 2.75) is 6.92 Å². The van der Waals surface area contributed by atoms with Gasteiger partial charge in [0.15, 0.2) is 0 Å². The minimum Gasteiger partial charge on any atom is -0.378 e. The summed E-state index contributed by atoms with van der Waals surface area (Å²) in [5, 5.41) is 7.57. The topological polar surface area (TPSA) is 100 Å². The van der Waals surface area contributed by atoms with Crippen LogP contribution in [0.15, 0.2) is 47.6 Å². The fraction of sp³-hybridized carbons (Fsp3) is 0.360. The van der Waals surface area contributed by atoms with Crippen LogP contribution in [0.2, 0.25) is 0 Å². The van der Waals surface area contributed by atoms with E-state index in [4.69, 9.17) is 17.3 Å². The highest BCUT2D eigenvalue weighted by atomic mass is 16.5. The van der Waals surface area contributed by atoms with Crippen molar-refractivity contribution in [3.63, 3.8) is 0 Å². The van der Waals surface area contributed by atoms with E-state index in [1.165, 1.54) is 5.69 Å². The van der Waals surface area contributed by atoms with Gasteiger partial charge < -0.3 is 24.6 Å². The van der Waals surface area contributed by atoms with Gasteiger partial charge in [0.2, 0.25) is 17.8 Å². The number of nitrogens with zero attached hydrogens (tertiary/aromatic N) is 6. The number of benzene rings is 2. The van der Waals surface area contributed by atoms with Gasteiger partial charge in [0.05, 0.1) is 32.6 Å². The molecule has 2 aliphatic heterocycles. The van der Waals surface area contributed by atoms with Gasteiger partial charge in [0, 0.05) is 37.6 Å². The van der Waals surface area contributed by atoms with Crippen molar-refractivity contribution in [3.05, 3.63) is 53.6 Å². The molecule has 3 aromatic rings. The molecule has 11 heteroatoms. The predicted octanol–water partition coefficient (Wildman–Crippen LogP) is 1.84. The van der Waals surface area contributed by atoms with Crippen LogP contribution in [0.25, 0.3) is 0 Å². The molecule has 0 spiro atoms. The van der Waals surface area contributed by atoms with Crippen LogP contribution in [0.3, 0.4) is 0 Å². The molecule has 2 aromatic carbocycles. The van der Waals surface area contributed by atoms with Gasteiger partial charge in [0.25, 0.3) is 0 Å². The molecule has 2 N–H and O–H groups in total. The number of anilines is 5. The van der Waals surface area contributed by atoms with Crippen LogP contribution in [0.1, 0.15) is 11.1 Å². The summed E-state index contributed by atoms with van der Waals surface area (Å²) in [4.78, 5) is 18.1. The van der Waals surface area contributed by atoms with E-state index in [1.807, 2.05) is 37.3 Å². The van der Waals surface area contributed by atoms with Crippen molar-refractivity contribution in [2.24, 2.45) is 5.10 Å². The number of aryl methyl sites for hydroxylation is 1. The van der Waals surface area contributed by atoms with E-state index in [0.717, 1.165) is 43.1 Å². The van der Waals surface area contributed by atoms with Crippen LogP contribution in [0, 0.1) is 6.92 Å². The molecule has 2 aliphatic rings. The summed E-state index contributed by atoms with van der Waals surface area (Å²) in [6.07, 6.45) is 1.74. The minimum atomic E-state index is 0.334. The van der Waals surface area contributed by atoms with Gasteiger partial charge in [-0.1, -0.05) is 35.3 Å². The zero-order chi connectivity index (χ0) is 24.7. The summed E-state index contributed by atoms with van der Waals surface area (Å²) in [7, 11) is 6.18. The maximum absolute atomic E-state index is 6.18. The zero-order valence-corrected chi connectivity index (χ0v) is 20.4. The third-order valence-corrected chi connectivity index (χ3v) is 6.02. The Balaban J connectivity index is 1.31. The van der Waals surface area contributed by atoms with E-state index in [-0.39, 0.29) is 0 Å². The van der Waals surface area contributed by atoms with Gasteiger partial charge in [-0.05, 0) is 30.7 Å². The van der Waals surface area contributed by atoms with E-state index in [1.54, 1.807) is 6.21 Å². The van der Waals surface area contributed by atoms with Crippen LogP contribution >= 0.6 is 0 Å². The molecule has 1 aromatic heterocycles. The van der Waals surface area contributed by atoms with E-state index in [0.29, 0.717) is 49.6 Å². The fourth-order valence-corrected chi connectivity index (χ4v) is 4.05. The Bertz CT molecular complexity index is 1200. The number of ether oxygens (including phenoxy) is 2. The number of morpholine rings is 2. The Labute approximate surface area is 212 Å². The average molecular weight is 484 g/mol. The average Bonchev–Trinajstić information content (AvgIpc) is 2.92. The van der Waals surface area contributed by atoms with Crippen molar-refractivity contribution in [1.82, 2.24) is 15.0 Å². The summed E-state index contributed by atoms with van der Waals surface area (Å²) in [6.45, 7) is 7.99. The summed E-state index contributed by atoms with van der Waals surface area (Å²) >= 11 is 0. The molecule has 10 nitrogen and oxygen atoms in total. The van der Waals surface area contributed by atoms with Gasteiger partial charge in [-0.15, -0.1) is 0 Å². The maximum Gasteiger partial charge on any atom is 0.250 e. The highest BCUT2D eigenvalue weighted by Gasteiger charge is 2.17. The van der Waals surface area contributed by atoms with Crippen molar-refractivity contribution in [2.75, 3.05) is 73.1 Å². The van der Waals surface area contributed by atoms with E-state index >= 15 is 0 Å². The summed E-state index contributed by atoms with van der Waals surface area (Å²) in [5.41, 5.74) is 7.53. The summed E-state index contributed by atoms with van der Waals surface area (Å²) in [5.74, 6) is 1.27. The lowest BCUT2D eigenvalue weighted by molar-refractivity contribution is 0.122. The number of hydrogen-bond donors (Lipinski definition) is 2. The van der Waals surface area contributed by atoms with E-state index < -0.39 is 0 Å². The Morgan fingerprint density at radius 1 is 0.861 bits per heavy atom. The summed E-state index contributed by atoms with van der Waals surface area (Å²) in [6, 6.07) is 14.1. The van der Waals surface area contributed by atoms with Crippen LogP contribution in [-0.4, -0.2) is 81.6 Å². The first-order chi connectivity index (χ1) is 17.6. The van der Waals surface area contributed by atoms with Gasteiger partial charge in [0.1, 0.15) is 7.85 Å². The Hall–Kier alpha value is -3.70. The van der Waals surface area contributed by atoms with E-state index in [2.05, 4.69) is 52.7 Å². The molecule has 5 rings (SSSR count). The van der Waals surface area contributed by atoms with Crippen LogP contribution < -0.4 is 26.0 Å². The predicted molar refractivity (Wildman–Crippen MR) is 143 cm³/mol. The number of hydrogen-bond acceptors (Lipinski definition) is 10. The van der Waals surface area contributed by atoms with Crippen molar-refractivity contribution < 1.29 is 9.47 Å². The van der Waals surface area contributed by atoms with Crippen LogP contribution in [0.4, 0.5) is 29.2 Å². The van der Waals surface area contributed by atoms with Crippen molar-refractivity contribution in [3.8, 4) is 0 Å². The number of rotatable bonds is 7. The largest absolute Gasteiger partial charge is 0.378 e. The standard InChI is InChI=1S/C25H29BN8O2/c1-18-2-7-22(21(26)16-18)28-23-29-24(31-25(30-23)34-10-14-36-15-11-34)32-27-17-19-3-5-20(6-4-19)33-8-12-35-13-9-33/h2-7,16-17H,8-15H2,1H3,(H2,28,29,30,31,32)/b27-17+. The second-order valence-corrected chi connectivity index (χ2v) is 8.66. The molecule has 36 heavy (non-hydrogen) atoms. The normalized spacial score (nSPS) is 16.4. The fourth-order valence-electron chi connectivity index (χ4n) is 4.05. The third kappa shape index (κ3) is 6.10. The molecule has 2 saturated heterocycles. The first-order valence-electron chi connectivity index (χ1n) is 12.1. The lowest BCUT2D eigenvalue weighted by atomic mass is 9.92. The lowest BCUT2D eigenvalue weighted by Gasteiger charge is -2.28. The molecule has 2 fully saturated rings. The monoisotopic (exact) mass is 484 g/mol. The molecule has 184 valence electrons. The Morgan fingerprint density at radius 3 is 2.22 bits per heavy atom. The smallest absolute Gasteiger partial charge is 0.250 e. The van der Waals surface area contributed by atoms with Gasteiger partial charge in [-0.25, -0.2) is 5.43 Å². The number of hydrazone groups is 1. The molecule has 3 heterocycles. The Kier molecular flexibility index (Phi) is 7.58. The van der Waals surface area contributed by atoms with Crippen molar-refractivity contribution in [1.29, 1.82) is 0 Å². The minimum absolute atomic E-state index is 0.334. The molecule has 0 amide bonds. The highest BCUT2D eigenvalue weighted by Crippen LogP contribution is 2.19.